The Kier molecular flexibility index (Phi) is 3.77. The summed E-state index contributed by atoms with van der Waals surface area (Å²) in [5.41, 5.74) is 8.67. The number of isothiocyanates is 1. The Morgan fingerprint density at radius 1 is 1.46 bits per heavy atom. The van der Waals surface area contributed by atoms with Crippen molar-refractivity contribution in [2.75, 3.05) is 0 Å². The summed E-state index contributed by atoms with van der Waals surface area (Å²) in [7, 11) is 0. The number of aryl methyl sites for hydroxylation is 1. The van der Waals surface area contributed by atoms with Crippen molar-refractivity contribution in [3.63, 3.8) is 0 Å². The molecule has 0 saturated heterocycles. The lowest BCUT2D eigenvalue weighted by molar-refractivity contribution is 1.04. The molecule has 0 aliphatic rings. The average Bonchev–Trinajstić information content (AvgIpc) is 2.18. The highest BCUT2D eigenvalue weighted by atomic mass is 32.1. The van der Waals surface area contributed by atoms with Crippen LogP contribution in [0.3, 0.4) is 0 Å². The summed E-state index contributed by atoms with van der Waals surface area (Å²) in [4.78, 5) is 4.03. The SMILES string of the molecule is CCc1cccc(CN)c1N=C=S. The van der Waals surface area contributed by atoms with Crippen molar-refractivity contribution in [2.24, 2.45) is 10.7 Å². The zero-order valence-electron chi connectivity index (χ0n) is 7.58. The molecule has 1 aromatic rings. The molecule has 1 aromatic carbocycles. The highest BCUT2D eigenvalue weighted by molar-refractivity contribution is 7.78. The molecule has 0 aliphatic carbocycles. The summed E-state index contributed by atoms with van der Waals surface area (Å²) in [6.45, 7) is 2.57. The molecule has 13 heavy (non-hydrogen) atoms. The molecule has 0 amide bonds. The monoisotopic (exact) mass is 192 g/mol. The van der Waals surface area contributed by atoms with E-state index in [9.17, 15) is 0 Å². The van der Waals surface area contributed by atoms with Gasteiger partial charge in [0.25, 0.3) is 0 Å². The van der Waals surface area contributed by atoms with Gasteiger partial charge in [-0.2, -0.15) is 4.99 Å². The molecule has 0 aromatic heterocycles. The van der Waals surface area contributed by atoms with Gasteiger partial charge in [-0.3, -0.25) is 0 Å². The van der Waals surface area contributed by atoms with Crippen molar-refractivity contribution in [2.45, 2.75) is 19.9 Å². The predicted molar refractivity (Wildman–Crippen MR) is 58.4 cm³/mol. The number of benzene rings is 1. The number of thiocarbonyl (C=S) groups is 1. The van der Waals surface area contributed by atoms with Gasteiger partial charge < -0.3 is 5.73 Å². The summed E-state index contributed by atoms with van der Waals surface area (Å²) in [6, 6.07) is 5.98. The molecular formula is C10H12N2S. The van der Waals surface area contributed by atoms with Crippen LogP contribution in [-0.2, 0) is 13.0 Å². The van der Waals surface area contributed by atoms with Crippen LogP contribution in [0.1, 0.15) is 18.1 Å². The van der Waals surface area contributed by atoms with Gasteiger partial charge in [0.1, 0.15) is 0 Å². The van der Waals surface area contributed by atoms with Crippen LogP contribution in [0.2, 0.25) is 0 Å². The standard InChI is InChI=1S/C10H12N2S/c1-2-8-4-3-5-9(6-11)10(8)12-7-13/h3-5H,2,6,11H2,1H3. The molecule has 0 unspecified atom stereocenters. The summed E-state index contributed by atoms with van der Waals surface area (Å²) in [5, 5.41) is 2.39. The molecule has 0 saturated carbocycles. The van der Waals surface area contributed by atoms with Crippen molar-refractivity contribution in [3.8, 4) is 0 Å². The van der Waals surface area contributed by atoms with Gasteiger partial charge in [0.05, 0.1) is 10.8 Å². The third kappa shape index (κ3) is 2.22. The van der Waals surface area contributed by atoms with E-state index in [0.29, 0.717) is 6.54 Å². The van der Waals surface area contributed by atoms with Gasteiger partial charge in [-0.25, -0.2) is 0 Å². The van der Waals surface area contributed by atoms with E-state index in [-0.39, 0.29) is 0 Å². The van der Waals surface area contributed by atoms with E-state index >= 15 is 0 Å². The highest BCUT2D eigenvalue weighted by Crippen LogP contribution is 2.24. The first-order valence-electron chi connectivity index (χ1n) is 4.22. The molecule has 0 atom stereocenters. The van der Waals surface area contributed by atoms with Crippen molar-refractivity contribution in [3.05, 3.63) is 29.3 Å². The van der Waals surface area contributed by atoms with Crippen LogP contribution >= 0.6 is 12.2 Å². The Morgan fingerprint density at radius 2 is 2.15 bits per heavy atom. The van der Waals surface area contributed by atoms with Crippen LogP contribution < -0.4 is 5.73 Å². The van der Waals surface area contributed by atoms with E-state index < -0.39 is 0 Å². The van der Waals surface area contributed by atoms with Gasteiger partial charge >= 0.3 is 0 Å². The molecule has 0 bridgehead atoms. The van der Waals surface area contributed by atoms with Gasteiger partial charge in [0.15, 0.2) is 0 Å². The maximum absolute atomic E-state index is 5.58. The fourth-order valence-electron chi connectivity index (χ4n) is 1.28. The molecule has 2 N–H and O–H groups in total. The molecule has 0 heterocycles. The van der Waals surface area contributed by atoms with E-state index in [1.165, 1.54) is 5.56 Å². The number of hydrogen-bond donors (Lipinski definition) is 1. The second-order valence-corrected chi connectivity index (χ2v) is 2.87. The summed E-state index contributed by atoms with van der Waals surface area (Å²) < 4.78 is 0. The first-order valence-corrected chi connectivity index (χ1v) is 4.63. The minimum atomic E-state index is 0.490. The van der Waals surface area contributed by atoms with Gasteiger partial charge in [-0.05, 0) is 29.8 Å². The Bertz CT molecular complexity index is 319. The van der Waals surface area contributed by atoms with Crippen molar-refractivity contribution in [1.29, 1.82) is 0 Å². The number of rotatable bonds is 3. The van der Waals surface area contributed by atoms with Crippen molar-refractivity contribution < 1.29 is 0 Å². The van der Waals surface area contributed by atoms with E-state index in [0.717, 1.165) is 17.7 Å². The zero-order chi connectivity index (χ0) is 9.68. The first kappa shape index (κ1) is 10.1. The Labute approximate surface area is 83.5 Å². The average molecular weight is 192 g/mol. The fraction of sp³-hybridized carbons (Fsp3) is 0.300. The highest BCUT2D eigenvalue weighted by Gasteiger charge is 2.03. The second kappa shape index (κ2) is 4.87. The Morgan fingerprint density at radius 3 is 2.69 bits per heavy atom. The van der Waals surface area contributed by atoms with Gasteiger partial charge in [-0.1, -0.05) is 25.1 Å². The summed E-state index contributed by atoms with van der Waals surface area (Å²) in [6.07, 6.45) is 0.934. The molecular weight excluding hydrogens is 180 g/mol. The van der Waals surface area contributed by atoms with Gasteiger partial charge in [0, 0.05) is 6.54 Å². The van der Waals surface area contributed by atoms with Crippen LogP contribution in [0, 0.1) is 0 Å². The second-order valence-electron chi connectivity index (χ2n) is 2.69. The number of para-hydroxylation sites is 1. The van der Waals surface area contributed by atoms with Crippen LogP contribution in [-0.4, -0.2) is 5.16 Å². The predicted octanol–water partition coefficient (Wildman–Crippen LogP) is 2.44. The third-order valence-electron chi connectivity index (χ3n) is 1.96. The lowest BCUT2D eigenvalue weighted by atomic mass is 10.1. The Balaban J connectivity index is 3.28. The van der Waals surface area contributed by atoms with E-state index in [1.54, 1.807) is 0 Å². The minimum absolute atomic E-state index is 0.490. The molecule has 0 fully saturated rings. The van der Waals surface area contributed by atoms with Crippen LogP contribution in [0.4, 0.5) is 5.69 Å². The number of aliphatic imine (C=N–C) groups is 1. The van der Waals surface area contributed by atoms with Gasteiger partial charge in [-0.15, -0.1) is 0 Å². The van der Waals surface area contributed by atoms with E-state index in [1.807, 2.05) is 18.2 Å². The quantitative estimate of drug-likeness (QED) is 0.590. The normalized spacial score (nSPS) is 9.38. The molecule has 0 aliphatic heterocycles. The summed E-state index contributed by atoms with van der Waals surface area (Å²) in [5.74, 6) is 0. The molecule has 3 heteroatoms. The molecule has 1 rings (SSSR count). The molecule has 0 spiro atoms. The Hall–Kier alpha value is -1.02. The smallest absolute Gasteiger partial charge is 0.0816 e. The van der Waals surface area contributed by atoms with Crippen LogP contribution in [0.15, 0.2) is 23.2 Å². The lowest BCUT2D eigenvalue weighted by Crippen LogP contribution is -1.98. The zero-order valence-corrected chi connectivity index (χ0v) is 8.40. The third-order valence-corrected chi connectivity index (χ3v) is 2.05. The number of hydrogen-bond acceptors (Lipinski definition) is 3. The summed E-state index contributed by atoms with van der Waals surface area (Å²) >= 11 is 4.59. The lowest BCUT2D eigenvalue weighted by Gasteiger charge is -2.06. The maximum atomic E-state index is 5.58. The van der Waals surface area contributed by atoms with E-state index in [4.69, 9.17) is 5.73 Å². The number of nitrogens with zero attached hydrogens (tertiary/aromatic N) is 1. The largest absolute Gasteiger partial charge is 0.326 e. The molecule has 0 radical (unpaired) electrons. The molecule has 68 valence electrons. The van der Waals surface area contributed by atoms with Gasteiger partial charge in [0.2, 0.25) is 0 Å². The minimum Gasteiger partial charge on any atom is -0.326 e. The number of nitrogens with two attached hydrogens (primary N) is 1. The van der Waals surface area contributed by atoms with Crippen LogP contribution in [0.5, 0.6) is 0 Å². The van der Waals surface area contributed by atoms with Crippen molar-refractivity contribution >= 4 is 23.1 Å². The van der Waals surface area contributed by atoms with Crippen molar-refractivity contribution in [1.82, 2.24) is 0 Å². The topological polar surface area (TPSA) is 38.4 Å². The maximum Gasteiger partial charge on any atom is 0.0816 e. The van der Waals surface area contributed by atoms with Crippen LogP contribution in [0.25, 0.3) is 0 Å². The van der Waals surface area contributed by atoms with E-state index in [2.05, 4.69) is 29.3 Å². The molecule has 2 nitrogen and oxygen atoms in total. The fourth-order valence-corrected chi connectivity index (χ4v) is 1.38. The first-order chi connectivity index (χ1) is 6.33.